The normalized spacial score (nSPS) is 22.7. The minimum atomic E-state index is -2.75. The van der Waals surface area contributed by atoms with Crippen LogP contribution in [0.25, 0.3) is 0 Å². The molecule has 0 aromatic carbocycles. The van der Waals surface area contributed by atoms with Crippen LogP contribution in [0, 0.1) is 11.3 Å². The highest BCUT2D eigenvalue weighted by Gasteiger charge is 2.39. The van der Waals surface area contributed by atoms with Crippen LogP contribution in [-0.2, 0) is 14.3 Å². The molecule has 0 spiro atoms. The summed E-state index contributed by atoms with van der Waals surface area (Å²) in [7, 11) is 1.27. The molecule has 0 aliphatic heterocycles. The fourth-order valence-electron chi connectivity index (χ4n) is 2.20. The van der Waals surface area contributed by atoms with Gasteiger partial charge in [0.25, 0.3) is 0 Å². The van der Waals surface area contributed by atoms with Crippen molar-refractivity contribution >= 4 is 11.9 Å². The van der Waals surface area contributed by atoms with Crippen LogP contribution in [0.2, 0.25) is 0 Å². The molecule has 1 amide bonds. The number of hydrogen-bond acceptors (Lipinski definition) is 3. The number of methoxy groups -OCH3 is 1. The van der Waals surface area contributed by atoms with E-state index < -0.39 is 35.6 Å². The lowest BCUT2D eigenvalue weighted by Gasteiger charge is -2.29. The second kappa shape index (κ2) is 5.84. The predicted octanol–water partition coefficient (Wildman–Crippen LogP) is 2.13. The highest BCUT2D eigenvalue weighted by molar-refractivity contribution is 5.81. The third kappa shape index (κ3) is 4.44. The molecule has 1 rings (SSSR count). The Balaban J connectivity index is 2.49. The van der Waals surface area contributed by atoms with Crippen LogP contribution in [-0.4, -0.2) is 31.5 Å². The number of carbonyl (C=O) groups is 2. The molecule has 4 nitrogen and oxygen atoms in total. The minimum Gasteiger partial charge on any atom is -0.469 e. The molecule has 110 valence electrons. The summed E-state index contributed by atoms with van der Waals surface area (Å²) in [4.78, 5) is 23.3. The van der Waals surface area contributed by atoms with E-state index in [1.807, 2.05) is 0 Å². The number of rotatable bonds is 4. The smallest absolute Gasteiger partial charge is 0.313 e. The molecule has 1 N–H and O–H groups in total. The summed E-state index contributed by atoms with van der Waals surface area (Å²) in [5, 5.41) is 2.57. The Bertz CT molecular complexity index is 356. The van der Waals surface area contributed by atoms with Gasteiger partial charge in [-0.25, -0.2) is 8.78 Å². The number of hydrogen-bond donors (Lipinski definition) is 1. The Morgan fingerprint density at radius 2 is 2.05 bits per heavy atom. The summed E-state index contributed by atoms with van der Waals surface area (Å²) in [5.74, 6) is -4.27. The zero-order valence-electron chi connectivity index (χ0n) is 11.6. The van der Waals surface area contributed by atoms with Gasteiger partial charge in [-0.3, -0.25) is 9.59 Å². The van der Waals surface area contributed by atoms with Gasteiger partial charge in [0.1, 0.15) is 0 Å². The van der Waals surface area contributed by atoms with E-state index in [9.17, 15) is 18.4 Å². The van der Waals surface area contributed by atoms with E-state index >= 15 is 0 Å². The molecule has 1 aliphatic carbocycles. The topological polar surface area (TPSA) is 55.4 Å². The number of nitrogens with one attached hydrogen (secondary N) is 1. The number of alkyl halides is 2. The van der Waals surface area contributed by atoms with Crippen molar-refractivity contribution in [3.8, 4) is 0 Å². The Labute approximate surface area is 111 Å². The molecule has 1 unspecified atom stereocenters. The molecule has 1 atom stereocenters. The van der Waals surface area contributed by atoms with Crippen LogP contribution in [0.5, 0.6) is 0 Å². The maximum atomic E-state index is 13.2. The first-order valence-corrected chi connectivity index (χ1v) is 6.42. The lowest BCUT2D eigenvalue weighted by Crippen LogP contribution is -2.43. The molecule has 0 bridgehead atoms. The Morgan fingerprint density at radius 1 is 1.42 bits per heavy atom. The van der Waals surface area contributed by atoms with Crippen molar-refractivity contribution in [1.29, 1.82) is 0 Å². The number of ether oxygens (including phenoxy) is 1. The Kier molecular flexibility index (Phi) is 4.87. The molecule has 6 heteroatoms. The summed E-state index contributed by atoms with van der Waals surface area (Å²) in [5.41, 5.74) is -0.860. The van der Waals surface area contributed by atoms with E-state index in [2.05, 4.69) is 10.1 Å². The van der Waals surface area contributed by atoms with E-state index in [-0.39, 0.29) is 13.0 Å². The molecule has 19 heavy (non-hydrogen) atoms. The number of carbonyl (C=O) groups excluding carboxylic acids is 2. The zero-order valence-corrected chi connectivity index (χ0v) is 11.6. The number of esters is 1. The van der Waals surface area contributed by atoms with Crippen molar-refractivity contribution in [2.24, 2.45) is 11.3 Å². The minimum absolute atomic E-state index is 0.0839. The van der Waals surface area contributed by atoms with Gasteiger partial charge in [0.2, 0.25) is 11.8 Å². The third-order valence-electron chi connectivity index (χ3n) is 3.45. The van der Waals surface area contributed by atoms with Crippen molar-refractivity contribution in [3.63, 3.8) is 0 Å². The molecule has 0 heterocycles. The molecule has 1 fully saturated rings. The van der Waals surface area contributed by atoms with Gasteiger partial charge in [0.15, 0.2) is 0 Å². The summed E-state index contributed by atoms with van der Waals surface area (Å²) in [6, 6.07) is 0. The van der Waals surface area contributed by atoms with Gasteiger partial charge < -0.3 is 10.1 Å². The van der Waals surface area contributed by atoms with Crippen LogP contribution < -0.4 is 5.32 Å². The van der Waals surface area contributed by atoms with Gasteiger partial charge >= 0.3 is 5.97 Å². The summed E-state index contributed by atoms with van der Waals surface area (Å²) in [6.07, 6.45) is 0.271. The van der Waals surface area contributed by atoms with Crippen molar-refractivity contribution in [2.45, 2.75) is 45.5 Å². The molecular formula is C13H21F2NO3. The van der Waals surface area contributed by atoms with Crippen LogP contribution in [0.4, 0.5) is 8.78 Å². The zero-order chi connectivity index (χ0) is 14.7. The number of halogens is 2. The molecule has 0 radical (unpaired) electrons. The largest absolute Gasteiger partial charge is 0.469 e. The van der Waals surface area contributed by atoms with Gasteiger partial charge in [0, 0.05) is 25.3 Å². The van der Waals surface area contributed by atoms with Crippen LogP contribution >= 0.6 is 0 Å². The number of amides is 1. The SMILES string of the molecule is COC(=O)C(C)(C)CNC(=O)C1CCCC(F)(F)C1. The van der Waals surface area contributed by atoms with Gasteiger partial charge in [-0.15, -0.1) is 0 Å². The first-order valence-electron chi connectivity index (χ1n) is 6.42. The predicted molar refractivity (Wildman–Crippen MR) is 65.7 cm³/mol. The van der Waals surface area contributed by atoms with Crippen molar-refractivity contribution in [3.05, 3.63) is 0 Å². The second-order valence-electron chi connectivity index (χ2n) is 5.74. The monoisotopic (exact) mass is 277 g/mol. The molecular weight excluding hydrogens is 256 g/mol. The van der Waals surface area contributed by atoms with E-state index in [1.54, 1.807) is 13.8 Å². The van der Waals surface area contributed by atoms with E-state index in [0.717, 1.165) is 0 Å². The van der Waals surface area contributed by atoms with E-state index in [4.69, 9.17) is 0 Å². The second-order valence-corrected chi connectivity index (χ2v) is 5.74. The molecule has 1 saturated carbocycles. The van der Waals surface area contributed by atoms with E-state index in [1.165, 1.54) is 7.11 Å². The van der Waals surface area contributed by atoms with E-state index in [0.29, 0.717) is 12.8 Å². The highest BCUT2D eigenvalue weighted by atomic mass is 19.3. The van der Waals surface area contributed by atoms with Gasteiger partial charge in [0.05, 0.1) is 12.5 Å². The maximum absolute atomic E-state index is 13.2. The molecule has 0 aromatic rings. The van der Waals surface area contributed by atoms with Crippen molar-refractivity contribution in [2.75, 3.05) is 13.7 Å². The fraction of sp³-hybridized carbons (Fsp3) is 0.846. The lowest BCUT2D eigenvalue weighted by molar-refractivity contribution is -0.150. The quantitative estimate of drug-likeness (QED) is 0.801. The first kappa shape index (κ1) is 15.9. The molecule has 1 aliphatic rings. The Hall–Kier alpha value is -1.20. The molecule has 0 saturated heterocycles. The van der Waals surface area contributed by atoms with Gasteiger partial charge in [-0.05, 0) is 26.7 Å². The van der Waals surface area contributed by atoms with Crippen LogP contribution in [0.3, 0.4) is 0 Å². The average molecular weight is 277 g/mol. The van der Waals surface area contributed by atoms with Crippen molar-refractivity contribution < 1.29 is 23.1 Å². The van der Waals surface area contributed by atoms with Gasteiger partial charge in [-0.2, -0.15) is 0 Å². The maximum Gasteiger partial charge on any atom is 0.313 e. The summed E-state index contributed by atoms with van der Waals surface area (Å²) >= 11 is 0. The first-order chi connectivity index (χ1) is 8.68. The van der Waals surface area contributed by atoms with Crippen molar-refractivity contribution in [1.82, 2.24) is 5.32 Å². The van der Waals surface area contributed by atoms with Gasteiger partial charge in [-0.1, -0.05) is 0 Å². The fourth-order valence-corrected chi connectivity index (χ4v) is 2.20. The third-order valence-corrected chi connectivity index (χ3v) is 3.45. The van der Waals surface area contributed by atoms with Crippen LogP contribution in [0.1, 0.15) is 39.5 Å². The van der Waals surface area contributed by atoms with Crippen LogP contribution in [0.15, 0.2) is 0 Å². The standard InChI is InChI=1S/C13H21F2NO3/c1-12(2,11(18)19-3)8-16-10(17)9-5-4-6-13(14,15)7-9/h9H,4-8H2,1-3H3,(H,16,17). The lowest BCUT2D eigenvalue weighted by atomic mass is 9.85. The average Bonchev–Trinajstić information content (AvgIpc) is 2.33. The Morgan fingerprint density at radius 3 is 2.58 bits per heavy atom. The highest BCUT2D eigenvalue weighted by Crippen LogP contribution is 2.36. The summed E-state index contributed by atoms with van der Waals surface area (Å²) in [6.45, 7) is 3.35. The molecule has 0 aromatic heterocycles. The summed E-state index contributed by atoms with van der Waals surface area (Å²) < 4.78 is 31.1.